The summed E-state index contributed by atoms with van der Waals surface area (Å²) >= 11 is 11.8. The summed E-state index contributed by atoms with van der Waals surface area (Å²) in [5, 5.41) is 4.81. The van der Waals surface area contributed by atoms with Gasteiger partial charge in [-0.15, -0.1) is 0 Å². The van der Waals surface area contributed by atoms with Crippen LogP contribution in [0.3, 0.4) is 0 Å². The Morgan fingerprint density at radius 1 is 1.00 bits per heavy atom. The van der Waals surface area contributed by atoms with Gasteiger partial charge in [0.25, 0.3) is 5.91 Å². The molecule has 0 aliphatic rings. The van der Waals surface area contributed by atoms with Crippen molar-refractivity contribution in [3.63, 3.8) is 0 Å². The average Bonchev–Trinajstić information content (AvgIpc) is 2.92. The Balaban J connectivity index is 1.77. The summed E-state index contributed by atoms with van der Waals surface area (Å²) in [6.45, 7) is 6.13. The summed E-state index contributed by atoms with van der Waals surface area (Å²) in [7, 11) is 0. The van der Waals surface area contributed by atoms with Gasteiger partial charge in [-0.3, -0.25) is 4.79 Å². The van der Waals surface area contributed by atoms with E-state index in [0.717, 1.165) is 22.6 Å². The summed E-state index contributed by atoms with van der Waals surface area (Å²) in [5.41, 5.74) is 8.29. The molecule has 4 nitrogen and oxygen atoms in total. The van der Waals surface area contributed by atoms with E-state index in [1.165, 1.54) is 11.6 Å². The summed E-state index contributed by atoms with van der Waals surface area (Å²) in [6, 6.07) is 15.1. The molecule has 0 unspecified atom stereocenters. The number of aryl methyl sites for hydroxylation is 2. The number of hydrogen-bond donors (Lipinski definition) is 1. The van der Waals surface area contributed by atoms with E-state index in [-0.39, 0.29) is 5.91 Å². The standard InChI is InChI=1S/C21H19Cl2N3O/c1-13-4-7-18(8-5-13)26-14(2)10-17(15(26)3)12-24-25-21(27)16-6-9-19(22)20(23)11-16/h4-12H,1-3H3,(H,25,27)/b24-12-. The third-order valence-electron chi connectivity index (χ3n) is 4.31. The van der Waals surface area contributed by atoms with Gasteiger partial charge >= 0.3 is 0 Å². The first kappa shape index (κ1) is 19.2. The number of carbonyl (C=O) groups excluding carboxylic acids is 1. The lowest BCUT2D eigenvalue weighted by Crippen LogP contribution is -2.17. The summed E-state index contributed by atoms with van der Waals surface area (Å²) in [4.78, 5) is 12.2. The first-order valence-corrected chi connectivity index (χ1v) is 9.17. The van der Waals surface area contributed by atoms with Gasteiger partial charge in [-0.2, -0.15) is 5.10 Å². The molecule has 1 N–H and O–H groups in total. The molecule has 138 valence electrons. The first-order chi connectivity index (χ1) is 12.9. The largest absolute Gasteiger partial charge is 0.318 e. The zero-order valence-corrected chi connectivity index (χ0v) is 16.8. The van der Waals surface area contributed by atoms with Gasteiger partial charge in [-0.05, 0) is 57.2 Å². The van der Waals surface area contributed by atoms with E-state index in [1.807, 2.05) is 19.9 Å². The molecule has 0 spiro atoms. The van der Waals surface area contributed by atoms with Crippen LogP contribution in [0.25, 0.3) is 5.69 Å². The fraction of sp³-hybridized carbons (Fsp3) is 0.143. The molecule has 0 fully saturated rings. The molecule has 3 aromatic rings. The Morgan fingerprint density at radius 2 is 1.70 bits per heavy atom. The predicted molar refractivity (Wildman–Crippen MR) is 112 cm³/mol. The summed E-state index contributed by atoms with van der Waals surface area (Å²) in [5.74, 6) is -0.350. The van der Waals surface area contributed by atoms with Gasteiger partial charge in [0.15, 0.2) is 0 Å². The van der Waals surface area contributed by atoms with Crippen LogP contribution in [-0.4, -0.2) is 16.7 Å². The maximum Gasteiger partial charge on any atom is 0.271 e. The first-order valence-electron chi connectivity index (χ1n) is 8.41. The van der Waals surface area contributed by atoms with Crippen LogP contribution in [0.2, 0.25) is 10.0 Å². The van der Waals surface area contributed by atoms with Gasteiger partial charge in [0, 0.05) is 28.2 Å². The number of halogens is 2. The van der Waals surface area contributed by atoms with Crippen LogP contribution in [0.1, 0.15) is 32.9 Å². The molecule has 0 bridgehead atoms. The van der Waals surface area contributed by atoms with E-state index in [4.69, 9.17) is 23.2 Å². The second kappa shape index (κ2) is 7.99. The number of carbonyl (C=O) groups is 1. The molecule has 0 aliphatic heterocycles. The van der Waals surface area contributed by atoms with Crippen LogP contribution < -0.4 is 5.43 Å². The highest BCUT2D eigenvalue weighted by Gasteiger charge is 2.10. The maximum absolute atomic E-state index is 12.2. The van der Waals surface area contributed by atoms with Crippen molar-refractivity contribution in [2.45, 2.75) is 20.8 Å². The molecule has 6 heteroatoms. The molecule has 0 aliphatic carbocycles. The van der Waals surface area contributed by atoms with Crippen molar-refractivity contribution >= 4 is 35.3 Å². The Kier molecular flexibility index (Phi) is 5.68. The lowest BCUT2D eigenvalue weighted by Gasteiger charge is -2.09. The van der Waals surface area contributed by atoms with Gasteiger partial charge in [0.1, 0.15) is 0 Å². The Labute approximate surface area is 168 Å². The molecule has 1 aromatic heterocycles. The Hall–Kier alpha value is -2.56. The molecule has 1 heterocycles. The summed E-state index contributed by atoms with van der Waals surface area (Å²) < 4.78 is 2.15. The van der Waals surface area contributed by atoms with Gasteiger partial charge in [0.05, 0.1) is 16.3 Å². The lowest BCUT2D eigenvalue weighted by molar-refractivity contribution is 0.0955. The second-order valence-corrected chi connectivity index (χ2v) is 7.14. The van der Waals surface area contributed by atoms with Crippen molar-refractivity contribution in [1.82, 2.24) is 9.99 Å². The molecule has 0 saturated heterocycles. The number of benzene rings is 2. The molecule has 0 atom stereocenters. The lowest BCUT2D eigenvalue weighted by atomic mass is 10.2. The highest BCUT2D eigenvalue weighted by molar-refractivity contribution is 6.42. The minimum Gasteiger partial charge on any atom is -0.318 e. The zero-order valence-electron chi connectivity index (χ0n) is 15.3. The fourth-order valence-corrected chi connectivity index (χ4v) is 3.17. The number of amides is 1. The van der Waals surface area contributed by atoms with Crippen LogP contribution in [0.5, 0.6) is 0 Å². The minimum atomic E-state index is -0.350. The van der Waals surface area contributed by atoms with E-state index >= 15 is 0 Å². The number of nitrogens with zero attached hydrogens (tertiary/aromatic N) is 2. The molecular formula is C21H19Cl2N3O. The van der Waals surface area contributed by atoms with Crippen LogP contribution in [0, 0.1) is 20.8 Å². The second-order valence-electron chi connectivity index (χ2n) is 6.33. The van der Waals surface area contributed by atoms with Crippen LogP contribution in [0.15, 0.2) is 53.6 Å². The molecule has 27 heavy (non-hydrogen) atoms. The van der Waals surface area contributed by atoms with E-state index in [1.54, 1.807) is 18.3 Å². The minimum absolute atomic E-state index is 0.329. The van der Waals surface area contributed by atoms with Crippen molar-refractivity contribution in [2.75, 3.05) is 0 Å². The van der Waals surface area contributed by atoms with Crippen molar-refractivity contribution in [2.24, 2.45) is 5.10 Å². The van der Waals surface area contributed by atoms with Gasteiger partial charge in [-0.1, -0.05) is 40.9 Å². The Bertz CT molecular complexity index is 1020. The average molecular weight is 400 g/mol. The quantitative estimate of drug-likeness (QED) is 0.458. The van der Waals surface area contributed by atoms with Gasteiger partial charge < -0.3 is 4.57 Å². The van der Waals surface area contributed by atoms with Crippen LogP contribution >= 0.6 is 23.2 Å². The third-order valence-corrected chi connectivity index (χ3v) is 5.05. The maximum atomic E-state index is 12.2. The van der Waals surface area contributed by atoms with Crippen LogP contribution in [-0.2, 0) is 0 Å². The zero-order chi connectivity index (χ0) is 19.6. The molecule has 1 amide bonds. The monoisotopic (exact) mass is 399 g/mol. The molecule has 0 saturated carbocycles. The van der Waals surface area contributed by atoms with Gasteiger partial charge in [0.2, 0.25) is 0 Å². The molecule has 2 aromatic carbocycles. The normalized spacial score (nSPS) is 11.1. The third kappa shape index (κ3) is 4.24. The summed E-state index contributed by atoms with van der Waals surface area (Å²) in [6.07, 6.45) is 1.64. The SMILES string of the molecule is Cc1ccc(-n2c(C)cc(/C=N\NC(=O)c3ccc(Cl)c(Cl)c3)c2C)cc1. The molecule has 0 radical (unpaired) electrons. The number of nitrogens with one attached hydrogen (secondary N) is 1. The number of rotatable bonds is 4. The van der Waals surface area contributed by atoms with Crippen LogP contribution in [0.4, 0.5) is 0 Å². The fourth-order valence-electron chi connectivity index (χ4n) is 2.87. The topological polar surface area (TPSA) is 46.4 Å². The van der Waals surface area contributed by atoms with E-state index in [9.17, 15) is 4.79 Å². The van der Waals surface area contributed by atoms with E-state index < -0.39 is 0 Å². The van der Waals surface area contributed by atoms with Crippen molar-refractivity contribution in [3.05, 3.63) is 86.7 Å². The van der Waals surface area contributed by atoms with E-state index in [2.05, 4.69) is 46.3 Å². The molecular weight excluding hydrogens is 381 g/mol. The van der Waals surface area contributed by atoms with Crippen molar-refractivity contribution in [3.8, 4) is 5.69 Å². The van der Waals surface area contributed by atoms with Gasteiger partial charge in [-0.25, -0.2) is 5.43 Å². The van der Waals surface area contributed by atoms with E-state index in [0.29, 0.717) is 15.6 Å². The number of hydrazone groups is 1. The highest BCUT2D eigenvalue weighted by atomic mass is 35.5. The number of aromatic nitrogens is 1. The highest BCUT2D eigenvalue weighted by Crippen LogP contribution is 2.23. The number of hydrogen-bond acceptors (Lipinski definition) is 2. The smallest absolute Gasteiger partial charge is 0.271 e. The van der Waals surface area contributed by atoms with Crippen molar-refractivity contribution < 1.29 is 4.79 Å². The van der Waals surface area contributed by atoms with Crippen molar-refractivity contribution in [1.29, 1.82) is 0 Å². The Morgan fingerprint density at radius 3 is 2.37 bits per heavy atom. The molecule has 3 rings (SSSR count). The predicted octanol–water partition coefficient (Wildman–Crippen LogP) is 5.47.